The SMILES string of the molecule is Cl.O=C(Nc1ccc(O)c(O)c1)[C@H]1C[C@H](F)CN1. The summed E-state index contributed by atoms with van der Waals surface area (Å²) < 4.78 is 12.9. The fourth-order valence-electron chi connectivity index (χ4n) is 1.72. The monoisotopic (exact) mass is 276 g/mol. The maximum atomic E-state index is 12.9. The Kier molecular flexibility index (Phi) is 4.75. The lowest BCUT2D eigenvalue weighted by molar-refractivity contribution is -0.117. The molecule has 0 spiro atoms. The first kappa shape index (κ1) is 14.5. The van der Waals surface area contributed by atoms with E-state index in [1.165, 1.54) is 18.2 Å². The summed E-state index contributed by atoms with van der Waals surface area (Å²) in [6, 6.07) is 3.40. The second kappa shape index (κ2) is 5.88. The highest BCUT2D eigenvalue weighted by molar-refractivity contribution is 5.95. The minimum Gasteiger partial charge on any atom is -0.504 e. The van der Waals surface area contributed by atoms with Crippen LogP contribution in [-0.2, 0) is 4.79 Å². The van der Waals surface area contributed by atoms with Gasteiger partial charge in [-0.2, -0.15) is 0 Å². The van der Waals surface area contributed by atoms with Crippen LogP contribution in [0.5, 0.6) is 11.5 Å². The smallest absolute Gasteiger partial charge is 0.241 e. The molecule has 4 N–H and O–H groups in total. The van der Waals surface area contributed by atoms with Gasteiger partial charge in [0.1, 0.15) is 6.17 Å². The number of phenols is 2. The van der Waals surface area contributed by atoms with Gasteiger partial charge in [-0.15, -0.1) is 12.4 Å². The molecule has 5 nitrogen and oxygen atoms in total. The van der Waals surface area contributed by atoms with Crippen LogP contribution < -0.4 is 10.6 Å². The second-order valence-electron chi connectivity index (χ2n) is 3.99. The largest absolute Gasteiger partial charge is 0.504 e. The highest BCUT2D eigenvalue weighted by Crippen LogP contribution is 2.27. The molecule has 0 saturated carbocycles. The molecule has 1 heterocycles. The van der Waals surface area contributed by atoms with Crippen molar-refractivity contribution in [2.75, 3.05) is 11.9 Å². The first-order valence-electron chi connectivity index (χ1n) is 5.26. The number of hydrogen-bond acceptors (Lipinski definition) is 4. The molecular weight excluding hydrogens is 263 g/mol. The Morgan fingerprint density at radius 1 is 1.39 bits per heavy atom. The zero-order valence-electron chi connectivity index (χ0n) is 9.39. The molecule has 0 bridgehead atoms. The fourth-order valence-corrected chi connectivity index (χ4v) is 1.72. The van der Waals surface area contributed by atoms with E-state index in [2.05, 4.69) is 10.6 Å². The summed E-state index contributed by atoms with van der Waals surface area (Å²) in [6.45, 7) is 0.179. The first-order chi connectivity index (χ1) is 8.06. The van der Waals surface area contributed by atoms with Gasteiger partial charge in [-0.3, -0.25) is 4.79 Å². The van der Waals surface area contributed by atoms with Gasteiger partial charge in [0.05, 0.1) is 6.04 Å². The third-order valence-electron chi connectivity index (χ3n) is 2.64. The molecule has 1 fully saturated rings. The maximum Gasteiger partial charge on any atom is 0.241 e. The number of aromatic hydroxyl groups is 2. The average molecular weight is 277 g/mol. The van der Waals surface area contributed by atoms with Gasteiger partial charge in [0, 0.05) is 24.7 Å². The molecule has 0 unspecified atom stereocenters. The van der Waals surface area contributed by atoms with Crippen LogP contribution in [0.4, 0.5) is 10.1 Å². The van der Waals surface area contributed by atoms with Gasteiger partial charge in [0.15, 0.2) is 11.5 Å². The van der Waals surface area contributed by atoms with Gasteiger partial charge in [0.25, 0.3) is 0 Å². The van der Waals surface area contributed by atoms with Gasteiger partial charge in [-0.05, 0) is 12.1 Å². The van der Waals surface area contributed by atoms with Gasteiger partial charge in [0.2, 0.25) is 5.91 Å². The van der Waals surface area contributed by atoms with E-state index >= 15 is 0 Å². The van der Waals surface area contributed by atoms with E-state index in [0.29, 0.717) is 5.69 Å². The summed E-state index contributed by atoms with van der Waals surface area (Å²) >= 11 is 0. The van der Waals surface area contributed by atoms with Crippen LogP contribution in [0.15, 0.2) is 18.2 Å². The van der Waals surface area contributed by atoms with Crippen LogP contribution in [0, 0.1) is 0 Å². The summed E-state index contributed by atoms with van der Waals surface area (Å²) in [6.07, 6.45) is -0.852. The topological polar surface area (TPSA) is 81.6 Å². The predicted octanol–water partition coefficient (Wildman–Crippen LogP) is 1.16. The molecule has 0 aromatic heterocycles. The molecule has 1 aromatic carbocycles. The van der Waals surface area contributed by atoms with E-state index in [9.17, 15) is 14.3 Å². The van der Waals surface area contributed by atoms with Gasteiger partial charge < -0.3 is 20.8 Å². The van der Waals surface area contributed by atoms with E-state index in [1.54, 1.807) is 0 Å². The van der Waals surface area contributed by atoms with Crippen LogP contribution in [0.2, 0.25) is 0 Å². The Bertz CT molecular complexity index is 444. The second-order valence-corrected chi connectivity index (χ2v) is 3.99. The zero-order valence-corrected chi connectivity index (χ0v) is 10.2. The Balaban J connectivity index is 0.00000162. The average Bonchev–Trinajstić information content (AvgIpc) is 2.70. The van der Waals surface area contributed by atoms with Gasteiger partial charge >= 0.3 is 0 Å². The number of benzene rings is 1. The molecule has 0 aliphatic carbocycles. The summed E-state index contributed by atoms with van der Waals surface area (Å²) in [5.41, 5.74) is 0.356. The third kappa shape index (κ3) is 3.24. The summed E-state index contributed by atoms with van der Waals surface area (Å²) in [7, 11) is 0. The fraction of sp³-hybridized carbons (Fsp3) is 0.364. The molecule has 18 heavy (non-hydrogen) atoms. The molecule has 1 aromatic rings. The summed E-state index contributed by atoms with van der Waals surface area (Å²) in [5.74, 6) is -0.924. The molecule has 1 saturated heterocycles. The molecule has 7 heteroatoms. The van der Waals surface area contributed by atoms with E-state index in [-0.39, 0.29) is 42.8 Å². The third-order valence-corrected chi connectivity index (χ3v) is 2.64. The van der Waals surface area contributed by atoms with Gasteiger partial charge in [-0.1, -0.05) is 0 Å². The Morgan fingerprint density at radius 3 is 2.67 bits per heavy atom. The number of nitrogens with one attached hydrogen (secondary N) is 2. The minimum absolute atomic E-state index is 0. The van der Waals surface area contributed by atoms with Crippen molar-refractivity contribution >= 4 is 24.0 Å². The number of amides is 1. The van der Waals surface area contributed by atoms with Crippen molar-refractivity contribution in [2.24, 2.45) is 0 Å². The van der Waals surface area contributed by atoms with Crippen molar-refractivity contribution < 1.29 is 19.4 Å². The number of rotatable bonds is 2. The Hall–Kier alpha value is -1.53. The van der Waals surface area contributed by atoms with E-state index in [4.69, 9.17) is 5.11 Å². The molecule has 2 rings (SSSR count). The molecular formula is C11H14ClFN2O3. The number of alkyl halides is 1. The van der Waals surface area contributed by atoms with Crippen molar-refractivity contribution in [1.29, 1.82) is 0 Å². The Labute approximate surface area is 109 Å². The first-order valence-corrected chi connectivity index (χ1v) is 5.26. The van der Waals surface area contributed by atoms with Crippen LogP contribution in [0.3, 0.4) is 0 Å². The van der Waals surface area contributed by atoms with Crippen molar-refractivity contribution in [3.63, 3.8) is 0 Å². The van der Waals surface area contributed by atoms with Crippen molar-refractivity contribution in [3.8, 4) is 11.5 Å². The molecule has 2 atom stereocenters. The van der Waals surface area contributed by atoms with E-state index < -0.39 is 12.2 Å². The predicted molar refractivity (Wildman–Crippen MR) is 67.0 cm³/mol. The minimum atomic E-state index is -1.00. The van der Waals surface area contributed by atoms with Crippen LogP contribution in [-0.4, -0.2) is 34.9 Å². The van der Waals surface area contributed by atoms with Crippen LogP contribution >= 0.6 is 12.4 Å². The van der Waals surface area contributed by atoms with E-state index in [0.717, 1.165) is 0 Å². The lowest BCUT2D eigenvalue weighted by atomic mass is 10.2. The zero-order chi connectivity index (χ0) is 12.4. The number of hydrogen-bond donors (Lipinski definition) is 4. The van der Waals surface area contributed by atoms with Crippen molar-refractivity contribution in [3.05, 3.63) is 18.2 Å². The van der Waals surface area contributed by atoms with Crippen molar-refractivity contribution in [1.82, 2.24) is 5.32 Å². The summed E-state index contributed by atoms with van der Waals surface area (Å²) in [5, 5.41) is 23.6. The normalized spacial score (nSPS) is 22.3. The number of carbonyl (C=O) groups is 1. The molecule has 1 aliphatic heterocycles. The number of halogens is 2. The molecule has 1 amide bonds. The van der Waals surface area contributed by atoms with Crippen LogP contribution in [0.25, 0.3) is 0 Å². The lowest BCUT2D eigenvalue weighted by Crippen LogP contribution is -2.35. The van der Waals surface area contributed by atoms with Gasteiger partial charge in [-0.25, -0.2) is 4.39 Å². The molecule has 100 valence electrons. The highest BCUT2D eigenvalue weighted by atomic mass is 35.5. The summed E-state index contributed by atoms with van der Waals surface area (Å²) in [4.78, 5) is 11.7. The lowest BCUT2D eigenvalue weighted by Gasteiger charge is -2.11. The number of carbonyl (C=O) groups excluding carboxylic acids is 1. The number of phenolic OH excluding ortho intramolecular Hbond substituents is 2. The molecule has 0 radical (unpaired) electrons. The van der Waals surface area contributed by atoms with E-state index in [1.807, 2.05) is 0 Å². The quantitative estimate of drug-likeness (QED) is 0.483. The maximum absolute atomic E-state index is 12.9. The Morgan fingerprint density at radius 2 is 2.11 bits per heavy atom. The highest BCUT2D eigenvalue weighted by Gasteiger charge is 2.29. The number of anilines is 1. The standard InChI is InChI=1S/C11H13FN2O3.ClH/c12-6-3-8(13-5-6)11(17)14-7-1-2-9(15)10(16)4-7;/h1-2,4,6,8,13,15-16H,3,5H2,(H,14,17);1H/t6-,8+;/m0./s1. The van der Waals surface area contributed by atoms with Crippen LogP contribution in [0.1, 0.15) is 6.42 Å². The molecule has 1 aliphatic rings. The van der Waals surface area contributed by atoms with Crippen molar-refractivity contribution in [2.45, 2.75) is 18.6 Å².